The molecule has 112 valence electrons. The summed E-state index contributed by atoms with van der Waals surface area (Å²) in [6.45, 7) is 3.14. The summed E-state index contributed by atoms with van der Waals surface area (Å²) in [5.74, 6) is 0. The first kappa shape index (κ1) is 29.8. The quantitative estimate of drug-likeness (QED) is 0.194. The van der Waals surface area contributed by atoms with Crippen LogP contribution >= 0.6 is 0 Å². The molecule has 0 spiro atoms. The summed E-state index contributed by atoms with van der Waals surface area (Å²) < 4.78 is 34.1. The van der Waals surface area contributed by atoms with Gasteiger partial charge in [0.15, 0.2) is 0 Å². The Bertz CT molecular complexity index is 234. The maximum Gasteiger partial charge on any atom is 1.00 e. The first-order valence-electron chi connectivity index (χ1n) is 6.78. The fourth-order valence-electron chi connectivity index (χ4n) is 1.63. The molecule has 0 aromatic heterocycles. The Morgan fingerprint density at radius 2 is 1.00 bits per heavy atom. The first-order chi connectivity index (χ1) is 8.41. The van der Waals surface area contributed by atoms with Gasteiger partial charge in [-0.15, -0.1) is 0 Å². The molecule has 0 bridgehead atoms. The predicted octanol–water partition coefficient (Wildman–Crippen LogP) is -3.46. The normalized spacial score (nSPS) is 9.80. The second kappa shape index (κ2) is 23.1. The van der Waals surface area contributed by atoms with Crippen molar-refractivity contribution in [1.29, 1.82) is 0 Å². The van der Waals surface area contributed by atoms with Crippen molar-refractivity contribution >= 4 is 10.4 Å². The van der Waals surface area contributed by atoms with E-state index in [4.69, 9.17) is 23.3 Å². The molecule has 0 unspecified atom stereocenters. The van der Waals surface area contributed by atoms with E-state index in [1.807, 2.05) is 0 Å². The number of hydrogen-bond donors (Lipinski definition) is 1. The SMILES string of the molecule is CCCCCCCCCCCCN.O=S(=O)([O-])[O-].[Na+].[Na+]. The van der Waals surface area contributed by atoms with Gasteiger partial charge in [0.1, 0.15) is 0 Å². The average Bonchev–Trinajstić information content (AvgIpc) is 2.25. The zero-order valence-electron chi connectivity index (χ0n) is 13.4. The predicted molar refractivity (Wildman–Crippen MR) is 71.4 cm³/mol. The van der Waals surface area contributed by atoms with E-state index in [9.17, 15) is 0 Å². The molecule has 0 aromatic rings. The van der Waals surface area contributed by atoms with E-state index in [0.717, 1.165) is 6.54 Å². The minimum Gasteiger partial charge on any atom is -0.759 e. The summed E-state index contributed by atoms with van der Waals surface area (Å²) in [5.41, 5.74) is 5.42. The van der Waals surface area contributed by atoms with Crippen LogP contribution in [0.3, 0.4) is 0 Å². The van der Waals surface area contributed by atoms with E-state index in [1.54, 1.807) is 0 Å². The summed E-state index contributed by atoms with van der Waals surface area (Å²) in [6.07, 6.45) is 13.9. The van der Waals surface area contributed by atoms with E-state index in [2.05, 4.69) is 6.92 Å². The first-order valence-corrected chi connectivity index (χ1v) is 8.12. The van der Waals surface area contributed by atoms with Crippen LogP contribution in [-0.2, 0) is 10.4 Å². The van der Waals surface area contributed by atoms with E-state index in [0.29, 0.717) is 0 Å². The Balaban J connectivity index is -0.000000158. The maximum absolute atomic E-state index is 8.52. The van der Waals surface area contributed by atoms with Gasteiger partial charge in [-0.2, -0.15) is 0 Å². The van der Waals surface area contributed by atoms with Crippen molar-refractivity contribution in [3.63, 3.8) is 0 Å². The van der Waals surface area contributed by atoms with E-state index in [-0.39, 0.29) is 59.1 Å². The third kappa shape index (κ3) is 50.2. The topological polar surface area (TPSA) is 106 Å². The minimum absolute atomic E-state index is 0. The summed E-state index contributed by atoms with van der Waals surface area (Å²) in [4.78, 5) is 0. The molecule has 0 aromatic carbocycles. The Hall–Kier alpha value is 1.83. The van der Waals surface area contributed by atoms with Crippen molar-refractivity contribution in [3.05, 3.63) is 0 Å². The molecule has 0 rings (SSSR count). The van der Waals surface area contributed by atoms with Crippen LogP contribution in [0.25, 0.3) is 0 Å². The number of nitrogens with two attached hydrogens (primary N) is 1. The molecule has 20 heavy (non-hydrogen) atoms. The van der Waals surface area contributed by atoms with Gasteiger partial charge in [0.2, 0.25) is 0 Å². The van der Waals surface area contributed by atoms with Crippen molar-refractivity contribution in [2.75, 3.05) is 6.54 Å². The van der Waals surface area contributed by atoms with Crippen LogP contribution in [-0.4, -0.2) is 24.1 Å². The summed E-state index contributed by atoms with van der Waals surface area (Å²) in [7, 11) is -5.17. The molecule has 8 heteroatoms. The van der Waals surface area contributed by atoms with Crippen LogP contribution in [0.15, 0.2) is 0 Å². The second-order valence-electron chi connectivity index (χ2n) is 4.38. The maximum atomic E-state index is 8.52. The Labute approximate surface area is 169 Å². The molecular formula is C12H27NNa2O4S. The average molecular weight is 327 g/mol. The van der Waals surface area contributed by atoms with Crippen molar-refractivity contribution in [2.24, 2.45) is 5.73 Å². The van der Waals surface area contributed by atoms with Crippen molar-refractivity contribution < 1.29 is 76.6 Å². The third-order valence-corrected chi connectivity index (χ3v) is 2.56. The fraction of sp³-hybridized carbons (Fsp3) is 1.00. The molecule has 0 atom stereocenters. The minimum atomic E-state index is -5.17. The van der Waals surface area contributed by atoms with Gasteiger partial charge < -0.3 is 14.8 Å². The van der Waals surface area contributed by atoms with Crippen LogP contribution in [0, 0.1) is 0 Å². The Morgan fingerprint density at radius 3 is 1.25 bits per heavy atom. The molecular weight excluding hydrogens is 300 g/mol. The molecule has 5 nitrogen and oxygen atoms in total. The van der Waals surface area contributed by atoms with Gasteiger partial charge in [-0.1, -0.05) is 64.7 Å². The summed E-state index contributed by atoms with van der Waals surface area (Å²) in [5, 5.41) is 0. The van der Waals surface area contributed by atoms with Crippen LogP contribution in [0.1, 0.15) is 71.1 Å². The van der Waals surface area contributed by atoms with Gasteiger partial charge in [-0.25, -0.2) is 0 Å². The van der Waals surface area contributed by atoms with Gasteiger partial charge in [0.25, 0.3) is 0 Å². The van der Waals surface area contributed by atoms with Crippen molar-refractivity contribution in [1.82, 2.24) is 0 Å². The second-order valence-corrected chi connectivity index (χ2v) is 5.20. The standard InChI is InChI=1S/C12H27N.2Na.H2O4S/c1-2-3-4-5-6-7-8-9-10-11-12-13;;;1-5(2,3)4/h2-13H2,1H3;;;(H2,1,2,3,4)/q;2*+1;/p-2. The van der Waals surface area contributed by atoms with E-state index in [1.165, 1.54) is 64.2 Å². The molecule has 0 aliphatic heterocycles. The van der Waals surface area contributed by atoms with E-state index >= 15 is 0 Å². The Kier molecular flexibility index (Phi) is 34.4. The molecule has 0 saturated carbocycles. The zero-order valence-corrected chi connectivity index (χ0v) is 18.2. The third-order valence-electron chi connectivity index (χ3n) is 2.56. The van der Waals surface area contributed by atoms with Gasteiger partial charge in [-0.3, -0.25) is 8.42 Å². The summed E-state index contributed by atoms with van der Waals surface area (Å²) in [6, 6.07) is 0. The van der Waals surface area contributed by atoms with Gasteiger partial charge >= 0.3 is 59.1 Å². The van der Waals surface area contributed by atoms with Crippen LogP contribution in [0.2, 0.25) is 0 Å². The van der Waals surface area contributed by atoms with Crippen LogP contribution in [0.4, 0.5) is 0 Å². The smallest absolute Gasteiger partial charge is 0.759 e. The number of rotatable bonds is 10. The van der Waals surface area contributed by atoms with Crippen molar-refractivity contribution in [3.8, 4) is 0 Å². The van der Waals surface area contributed by atoms with Crippen molar-refractivity contribution in [2.45, 2.75) is 71.1 Å². The largest absolute Gasteiger partial charge is 1.00 e. The van der Waals surface area contributed by atoms with Gasteiger partial charge in [-0.05, 0) is 13.0 Å². The number of hydrogen-bond acceptors (Lipinski definition) is 5. The molecule has 0 aliphatic rings. The molecule has 2 N–H and O–H groups in total. The van der Waals surface area contributed by atoms with Gasteiger partial charge in [0, 0.05) is 10.4 Å². The van der Waals surface area contributed by atoms with Gasteiger partial charge in [0.05, 0.1) is 0 Å². The molecule has 0 amide bonds. The Morgan fingerprint density at radius 1 is 0.750 bits per heavy atom. The fourth-order valence-corrected chi connectivity index (χ4v) is 1.63. The summed E-state index contributed by atoms with van der Waals surface area (Å²) >= 11 is 0. The molecule has 0 saturated heterocycles. The number of unbranched alkanes of at least 4 members (excludes halogenated alkanes) is 9. The molecule has 0 heterocycles. The zero-order chi connectivity index (χ0) is 14.3. The van der Waals surface area contributed by atoms with Crippen LogP contribution < -0.4 is 64.8 Å². The van der Waals surface area contributed by atoms with E-state index < -0.39 is 10.4 Å². The molecule has 0 radical (unpaired) electrons. The monoisotopic (exact) mass is 327 g/mol. The molecule has 0 aliphatic carbocycles. The molecule has 0 fully saturated rings. The van der Waals surface area contributed by atoms with Crippen LogP contribution in [0.5, 0.6) is 0 Å².